The molecule has 1 saturated carbocycles. The number of benzene rings is 1. The van der Waals surface area contributed by atoms with Gasteiger partial charge in [-0.15, -0.1) is 11.3 Å². The average molecular weight is 497 g/mol. The number of nitrogens with zero attached hydrogens (tertiary/aromatic N) is 1. The van der Waals surface area contributed by atoms with Crippen molar-refractivity contribution >= 4 is 23.2 Å². The van der Waals surface area contributed by atoms with E-state index in [1.165, 1.54) is 17.8 Å². The number of carbonyl (C=O) groups is 2. The highest BCUT2D eigenvalue weighted by Gasteiger charge is 2.36. The van der Waals surface area contributed by atoms with Crippen molar-refractivity contribution in [1.29, 1.82) is 0 Å². The van der Waals surface area contributed by atoms with E-state index in [2.05, 4.69) is 5.32 Å². The van der Waals surface area contributed by atoms with Crippen molar-refractivity contribution in [3.63, 3.8) is 0 Å². The van der Waals surface area contributed by atoms with Gasteiger partial charge < -0.3 is 24.1 Å². The minimum Gasteiger partial charge on any atom is -0.493 e. The highest BCUT2D eigenvalue weighted by atomic mass is 32.1. The molecule has 1 aliphatic rings. The number of nitrogens with one attached hydrogen (secondary N) is 1. The van der Waals surface area contributed by atoms with Crippen molar-refractivity contribution in [2.24, 2.45) is 0 Å². The van der Waals surface area contributed by atoms with Crippen molar-refractivity contribution < 1.29 is 23.5 Å². The fourth-order valence-corrected chi connectivity index (χ4v) is 5.36. The molecule has 3 aromatic rings. The quantitative estimate of drug-likeness (QED) is 0.421. The number of methoxy groups -OCH3 is 2. The summed E-state index contributed by atoms with van der Waals surface area (Å²) in [5, 5.41) is 5.17. The first-order chi connectivity index (χ1) is 17.1. The highest BCUT2D eigenvalue weighted by Crippen LogP contribution is 2.38. The highest BCUT2D eigenvalue weighted by molar-refractivity contribution is 7.10. The van der Waals surface area contributed by atoms with E-state index in [-0.39, 0.29) is 30.8 Å². The fourth-order valence-electron chi connectivity index (χ4n) is 4.66. The monoisotopic (exact) mass is 496 g/mol. The van der Waals surface area contributed by atoms with E-state index in [0.29, 0.717) is 22.8 Å². The maximum Gasteiger partial charge on any atom is 0.247 e. The van der Waals surface area contributed by atoms with Gasteiger partial charge in [0.15, 0.2) is 11.5 Å². The van der Waals surface area contributed by atoms with Gasteiger partial charge in [-0.25, -0.2) is 0 Å². The minimum absolute atomic E-state index is 0.0909. The van der Waals surface area contributed by atoms with Gasteiger partial charge in [0.05, 0.1) is 33.4 Å². The second kappa shape index (κ2) is 11.9. The van der Waals surface area contributed by atoms with Crippen molar-refractivity contribution in [2.45, 2.75) is 57.2 Å². The van der Waals surface area contributed by atoms with Gasteiger partial charge in [0.1, 0.15) is 11.8 Å². The van der Waals surface area contributed by atoms with E-state index in [4.69, 9.17) is 13.9 Å². The first kappa shape index (κ1) is 24.9. The van der Waals surface area contributed by atoms with E-state index in [1.807, 2.05) is 35.7 Å². The summed E-state index contributed by atoms with van der Waals surface area (Å²) >= 11 is 1.52. The molecule has 2 aromatic heterocycles. The predicted molar refractivity (Wildman–Crippen MR) is 135 cm³/mol. The summed E-state index contributed by atoms with van der Waals surface area (Å²) in [4.78, 5) is 30.2. The largest absolute Gasteiger partial charge is 0.493 e. The van der Waals surface area contributed by atoms with Crippen molar-refractivity contribution in [3.05, 3.63) is 70.3 Å². The lowest BCUT2D eigenvalue weighted by atomic mass is 9.94. The van der Waals surface area contributed by atoms with Gasteiger partial charge in [0, 0.05) is 16.5 Å². The average Bonchev–Trinajstić information content (AvgIpc) is 3.58. The number of rotatable bonds is 10. The molecule has 0 aliphatic heterocycles. The third kappa shape index (κ3) is 6.06. The van der Waals surface area contributed by atoms with Crippen molar-refractivity contribution in [3.8, 4) is 11.5 Å². The molecule has 1 aromatic carbocycles. The molecule has 1 N–H and O–H groups in total. The lowest BCUT2D eigenvalue weighted by Gasteiger charge is -2.33. The maximum absolute atomic E-state index is 13.9. The predicted octanol–water partition coefficient (Wildman–Crippen LogP) is 5.12. The van der Waals surface area contributed by atoms with Crippen LogP contribution in [0.5, 0.6) is 11.5 Å². The number of hydrogen-bond acceptors (Lipinski definition) is 6. The zero-order valence-corrected chi connectivity index (χ0v) is 21.0. The van der Waals surface area contributed by atoms with Gasteiger partial charge in [0.25, 0.3) is 0 Å². The molecular formula is C27H32N2O5S. The molecule has 0 spiro atoms. The van der Waals surface area contributed by atoms with E-state index in [9.17, 15) is 9.59 Å². The first-order valence-corrected chi connectivity index (χ1v) is 12.8. The number of amides is 2. The Hall–Kier alpha value is -3.26. The molecule has 0 unspecified atom stereocenters. The number of carbonyl (C=O) groups excluding carboxylic acids is 2. The summed E-state index contributed by atoms with van der Waals surface area (Å²) in [5.74, 6) is 1.14. The van der Waals surface area contributed by atoms with Crippen LogP contribution in [0.2, 0.25) is 0 Å². The van der Waals surface area contributed by atoms with E-state index < -0.39 is 6.04 Å². The van der Waals surface area contributed by atoms with Gasteiger partial charge in [-0.1, -0.05) is 37.5 Å². The topological polar surface area (TPSA) is 81.0 Å². The van der Waals surface area contributed by atoms with Crippen LogP contribution in [-0.4, -0.2) is 37.0 Å². The maximum atomic E-state index is 13.9. The summed E-state index contributed by atoms with van der Waals surface area (Å²) in [6, 6.07) is 12.0. The summed E-state index contributed by atoms with van der Waals surface area (Å²) < 4.78 is 16.8. The summed E-state index contributed by atoms with van der Waals surface area (Å²) in [5.41, 5.74) is 0.575. The number of furan rings is 1. The molecule has 1 fully saturated rings. The van der Waals surface area contributed by atoms with Crippen LogP contribution >= 0.6 is 11.3 Å². The molecule has 2 heterocycles. The molecule has 1 atom stereocenters. The van der Waals surface area contributed by atoms with E-state index in [1.54, 1.807) is 37.5 Å². The Balaban J connectivity index is 1.75. The Bertz CT molecular complexity index is 1090. The van der Waals surface area contributed by atoms with E-state index >= 15 is 0 Å². The Morgan fingerprint density at radius 1 is 1.09 bits per heavy atom. The van der Waals surface area contributed by atoms with Crippen LogP contribution in [0.15, 0.2) is 58.5 Å². The number of ether oxygens (including phenoxy) is 2. The number of thiophene rings is 1. The van der Waals surface area contributed by atoms with Crippen LogP contribution in [-0.2, 0) is 22.6 Å². The SMILES string of the molecule is COc1cccc([C@H](C(=O)NC2CCCCC2)N(Cc2ccco2)C(=O)Cc2cccs2)c1OC. The van der Waals surface area contributed by atoms with Gasteiger partial charge in [0.2, 0.25) is 11.8 Å². The van der Waals surface area contributed by atoms with Crippen LogP contribution in [0.4, 0.5) is 0 Å². The van der Waals surface area contributed by atoms with E-state index in [0.717, 1.165) is 30.6 Å². The van der Waals surface area contributed by atoms with Crippen LogP contribution in [0.3, 0.4) is 0 Å². The second-order valence-electron chi connectivity index (χ2n) is 8.69. The van der Waals surface area contributed by atoms with Crippen molar-refractivity contribution in [2.75, 3.05) is 14.2 Å². The molecule has 8 heteroatoms. The molecule has 0 radical (unpaired) electrons. The van der Waals surface area contributed by atoms with Gasteiger partial charge in [-0.3, -0.25) is 9.59 Å². The minimum atomic E-state index is -0.917. The molecule has 0 bridgehead atoms. The molecular weight excluding hydrogens is 464 g/mol. The van der Waals surface area contributed by atoms with Crippen LogP contribution < -0.4 is 14.8 Å². The normalized spacial score (nSPS) is 14.8. The first-order valence-electron chi connectivity index (χ1n) is 12.0. The standard InChI is InChI=1S/C27H32N2O5S/c1-32-23-14-6-13-22(26(23)33-2)25(27(31)28-19-9-4-3-5-10-19)29(18-20-11-7-15-34-20)24(30)17-21-12-8-16-35-21/h6-8,11-16,19,25H,3-5,9-10,17-18H2,1-2H3,(H,28,31)/t25-/m1/s1. The molecule has 2 amide bonds. The third-order valence-electron chi connectivity index (χ3n) is 6.37. The van der Waals surface area contributed by atoms with Crippen LogP contribution in [0, 0.1) is 0 Å². The summed E-state index contributed by atoms with van der Waals surface area (Å²) in [6.45, 7) is 0.153. The number of hydrogen-bond donors (Lipinski definition) is 1. The Morgan fingerprint density at radius 2 is 1.91 bits per heavy atom. The lowest BCUT2D eigenvalue weighted by molar-refractivity contribution is -0.141. The number of para-hydroxylation sites is 1. The van der Waals surface area contributed by atoms with Gasteiger partial charge >= 0.3 is 0 Å². The fraction of sp³-hybridized carbons (Fsp3) is 0.407. The molecule has 4 rings (SSSR count). The molecule has 7 nitrogen and oxygen atoms in total. The molecule has 186 valence electrons. The zero-order chi connectivity index (χ0) is 24.6. The molecule has 0 saturated heterocycles. The Kier molecular flexibility index (Phi) is 8.47. The second-order valence-corrected chi connectivity index (χ2v) is 9.72. The Labute approximate surface area is 210 Å². The van der Waals surface area contributed by atoms with Crippen LogP contribution in [0.1, 0.15) is 54.3 Å². The molecule has 1 aliphatic carbocycles. The summed E-state index contributed by atoms with van der Waals surface area (Å²) in [7, 11) is 3.10. The smallest absolute Gasteiger partial charge is 0.247 e. The summed E-state index contributed by atoms with van der Waals surface area (Å²) in [6.07, 6.45) is 7.00. The third-order valence-corrected chi connectivity index (χ3v) is 7.25. The molecule has 35 heavy (non-hydrogen) atoms. The van der Waals surface area contributed by atoms with Crippen molar-refractivity contribution in [1.82, 2.24) is 10.2 Å². The lowest BCUT2D eigenvalue weighted by Crippen LogP contribution is -2.47. The van der Waals surface area contributed by atoms with Crippen LogP contribution in [0.25, 0.3) is 0 Å². The zero-order valence-electron chi connectivity index (χ0n) is 20.2. The Morgan fingerprint density at radius 3 is 2.57 bits per heavy atom. The van der Waals surface area contributed by atoms with Gasteiger partial charge in [-0.2, -0.15) is 0 Å². The van der Waals surface area contributed by atoms with Gasteiger partial charge in [-0.05, 0) is 42.5 Å².